The lowest BCUT2D eigenvalue weighted by atomic mass is 10.0. The van der Waals surface area contributed by atoms with Crippen LogP contribution in [0.5, 0.6) is 0 Å². The van der Waals surface area contributed by atoms with Crippen molar-refractivity contribution in [2.24, 2.45) is 5.73 Å². The summed E-state index contributed by atoms with van der Waals surface area (Å²) in [4.78, 5) is 16.5. The van der Waals surface area contributed by atoms with E-state index in [-0.39, 0.29) is 5.91 Å². The molecule has 1 aromatic heterocycles. The Morgan fingerprint density at radius 3 is 2.83 bits per heavy atom. The zero-order valence-corrected chi connectivity index (χ0v) is 15.3. The van der Waals surface area contributed by atoms with Crippen LogP contribution < -0.4 is 5.73 Å². The van der Waals surface area contributed by atoms with Crippen LogP contribution in [-0.4, -0.2) is 16.6 Å². The molecule has 4 nitrogen and oxygen atoms in total. The Morgan fingerprint density at radius 1 is 1.42 bits per heavy atom. The fourth-order valence-corrected chi connectivity index (χ4v) is 4.02. The van der Waals surface area contributed by atoms with Gasteiger partial charge in [0.2, 0.25) is 5.91 Å². The van der Waals surface area contributed by atoms with Gasteiger partial charge in [-0.25, -0.2) is 4.98 Å². The van der Waals surface area contributed by atoms with Gasteiger partial charge in [0.05, 0.1) is 11.5 Å². The van der Waals surface area contributed by atoms with Crippen LogP contribution >= 0.6 is 27.7 Å². The highest BCUT2D eigenvalue weighted by atomic mass is 79.9. The van der Waals surface area contributed by atoms with Crippen molar-refractivity contribution in [2.45, 2.75) is 29.7 Å². The SMILES string of the molecule is N#Cc1ccc(C2CC2)nc1SCC(C(N)=O)c1cccc(Br)c1. The van der Waals surface area contributed by atoms with Crippen molar-refractivity contribution in [3.05, 3.63) is 57.7 Å². The molecule has 1 aliphatic rings. The lowest BCUT2D eigenvalue weighted by Crippen LogP contribution is -2.23. The summed E-state index contributed by atoms with van der Waals surface area (Å²) in [5, 5.41) is 9.97. The minimum Gasteiger partial charge on any atom is -0.369 e. The molecule has 1 aromatic carbocycles. The van der Waals surface area contributed by atoms with E-state index in [1.807, 2.05) is 36.4 Å². The van der Waals surface area contributed by atoms with Crippen LogP contribution in [0.4, 0.5) is 0 Å². The first-order valence-corrected chi connectivity index (χ1v) is 9.45. The van der Waals surface area contributed by atoms with Gasteiger partial charge in [0, 0.05) is 21.8 Å². The number of primary amides is 1. The van der Waals surface area contributed by atoms with E-state index >= 15 is 0 Å². The Balaban J connectivity index is 1.81. The lowest BCUT2D eigenvalue weighted by Gasteiger charge is -2.14. The van der Waals surface area contributed by atoms with Crippen LogP contribution in [0.15, 0.2) is 45.9 Å². The van der Waals surface area contributed by atoms with Crippen LogP contribution in [0.3, 0.4) is 0 Å². The minimum atomic E-state index is -0.426. The van der Waals surface area contributed by atoms with Gasteiger partial charge in [0.25, 0.3) is 0 Å². The molecular weight excluding hydrogens is 386 g/mol. The Labute approximate surface area is 153 Å². The zero-order chi connectivity index (χ0) is 17.1. The van der Waals surface area contributed by atoms with Gasteiger partial charge >= 0.3 is 0 Å². The number of nitrogens with two attached hydrogens (primary N) is 1. The lowest BCUT2D eigenvalue weighted by molar-refractivity contribution is -0.118. The topological polar surface area (TPSA) is 79.8 Å². The Hall–Kier alpha value is -1.84. The number of carbonyl (C=O) groups is 1. The summed E-state index contributed by atoms with van der Waals surface area (Å²) in [7, 11) is 0. The average Bonchev–Trinajstić information content (AvgIpc) is 3.39. The van der Waals surface area contributed by atoms with Gasteiger partial charge in [-0.15, -0.1) is 11.8 Å². The predicted octanol–water partition coefficient (Wildman–Crippen LogP) is 3.95. The number of thioether (sulfide) groups is 1. The molecule has 2 aromatic rings. The number of nitrogens with zero attached hydrogens (tertiary/aromatic N) is 2. The third-order valence-corrected chi connectivity index (χ3v) is 5.56. The highest BCUT2D eigenvalue weighted by Gasteiger charge is 2.26. The van der Waals surface area contributed by atoms with Crippen molar-refractivity contribution < 1.29 is 4.79 Å². The van der Waals surface area contributed by atoms with Gasteiger partial charge in [-0.05, 0) is 42.7 Å². The molecule has 2 N–H and O–H groups in total. The number of aromatic nitrogens is 1. The number of rotatable bonds is 6. The first-order valence-electron chi connectivity index (χ1n) is 7.67. The average molecular weight is 402 g/mol. The quantitative estimate of drug-likeness (QED) is 0.742. The maximum Gasteiger partial charge on any atom is 0.225 e. The van der Waals surface area contributed by atoms with E-state index < -0.39 is 5.92 Å². The van der Waals surface area contributed by atoms with Crippen LogP contribution in [0, 0.1) is 11.3 Å². The molecule has 0 radical (unpaired) electrons. The third-order valence-electron chi connectivity index (χ3n) is 3.98. The smallest absolute Gasteiger partial charge is 0.225 e. The van der Waals surface area contributed by atoms with E-state index in [9.17, 15) is 10.1 Å². The number of benzene rings is 1. The Kier molecular flexibility index (Phi) is 5.22. The third kappa shape index (κ3) is 3.97. The van der Waals surface area contributed by atoms with E-state index in [1.54, 1.807) is 0 Å². The monoisotopic (exact) mass is 401 g/mol. The number of halogens is 1. The first kappa shape index (κ1) is 17.0. The Morgan fingerprint density at radius 2 is 2.21 bits per heavy atom. The fourth-order valence-electron chi connectivity index (χ4n) is 2.48. The molecule has 122 valence electrons. The van der Waals surface area contributed by atoms with Crippen molar-refractivity contribution in [1.82, 2.24) is 4.98 Å². The van der Waals surface area contributed by atoms with Crippen LogP contribution in [-0.2, 0) is 4.79 Å². The second-order valence-corrected chi connectivity index (χ2v) is 7.72. The van der Waals surface area contributed by atoms with Crippen molar-refractivity contribution in [3.63, 3.8) is 0 Å². The predicted molar refractivity (Wildman–Crippen MR) is 97.7 cm³/mol. The second kappa shape index (κ2) is 7.37. The molecule has 0 saturated heterocycles. The minimum absolute atomic E-state index is 0.377. The largest absolute Gasteiger partial charge is 0.369 e. The van der Waals surface area contributed by atoms with Crippen LogP contribution in [0.1, 0.15) is 41.5 Å². The summed E-state index contributed by atoms with van der Waals surface area (Å²) in [6.07, 6.45) is 2.32. The van der Waals surface area contributed by atoms with E-state index in [4.69, 9.17) is 5.73 Å². The fraction of sp³-hybridized carbons (Fsp3) is 0.278. The number of carbonyl (C=O) groups excluding carboxylic acids is 1. The highest BCUT2D eigenvalue weighted by Crippen LogP contribution is 2.40. The first-order chi connectivity index (χ1) is 11.6. The van der Waals surface area contributed by atoms with Gasteiger partial charge in [0.1, 0.15) is 11.1 Å². The van der Waals surface area contributed by atoms with Gasteiger partial charge in [-0.2, -0.15) is 5.26 Å². The molecule has 1 saturated carbocycles. The molecule has 1 fully saturated rings. The maximum absolute atomic E-state index is 11.9. The summed E-state index contributed by atoms with van der Waals surface area (Å²) in [6, 6.07) is 13.5. The number of amides is 1. The number of pyridine rings is 1. The van der Waals surface area contributed by atoms with E-state index in [1.165, 1.54) is 11.8 Å². The van der Waals surface area contributed by atoms with E-state index in [0.29, 0.717) is 22.3 Å². The number of hydrogen-bond donors (Lipinski definition) is 1. The molecule has 3 rings (SSSR count). The van der Waals surface area contributed by atoms with Gasteiger partial charge in [-0.3, -0.25) is 4.79 Å². The molecule has 6 heteroatoms. The normalized spacial score (nSPS) is 14.8. The highest BCUT2D eigenvalue weighted by molar-refractivity contribution is 9.10. The number of hydrogen-bond acceptors (Lipinski definition) is 4. The summed E-state index contributed by atoms with van der Waals surface area (Å²) in [5.74, 6) is 0.179. The molecule has 1 amide bonds. The molecule has 0 aliphatic heterocycles. The van der Waals surface area contributed by atoms with E-state index in [0.717, 1.165) is 28.6 Å². The van der Waals surface area contributed by atoms with Crippen molar-refractivity contribution in [3.8, 4) is 6.07 Å². The standard InChI is InChI=1S/C18H16BrN3OS/c19-14-3-1-2-12(8-14)15(17(21)23)10-24-18-13(9-20)6-7-16(22-18)11-4-5-11/h1-3,6-8,11,15H,4-5,10H2,(H2,21,23). The molecule has 1 aliphatic carbocycles. The zero-order valence-electron chi connectivity index (χ0n) is 12.9. The van der Waals surface area contributed by atoms with Gasteiger partial charge < -0.3 is 5.73 Å². The Bertz CT molecular complexity index is 814. The van der Waals surface area contributed by atoms with Crippen molar-refractivity contribution in [1.29, 1.82) is 5.26 Å². The molecule has 0 bridgehead atoms. The van der Waals surface area contributed by atoms with E-state index in [2.05, 4.69) is 27.0 Å². The second-order valence-electron chi connectivity index (χ2n) is 5.80. The summed E-state index contributed by atoms with van der Waals surface area (Å²) < 4.78 is 0.905. The van der Waals surface area contributed by atoms with Gasteiger partial charge in [-0.1, -0.05) is 28.1 Å². The summed E-state index contributed by atoms with van der Waals surface area (Å²) in [6.45, 7) is 0. The van der Waals surface area contributed by atoms with Crippen molar-refractivity contribution in [2.75, 3.05) is 5.75 Å². The van der Waals surface area contributed by atoms with Crippen LogP contribution in [0.25, 0.3) is 0 Å². The maximum atomic E-state index is 11.9. The molecule has 1 atom stereocenters. The molecule has 24 heavy (non-hydrogen) atoms. The van der Waals surface area contributed by atoms with Gasteiger partial charge in [0.15, 0.2) is 0 Å². The number of nitriles is 1. The van der Waals surface area contributed by atoms with Crippen molar-refractivity contribution >= 4 is 33.6 Å². The molecular formula is C18H16BrN3OS. The summed E-state index contributed by atoms with van der Waals surface area (Å²) in [5.41, 5.74) is 8.03. The molecule has 0 spiro atoms. The van der Waals surface area contributed by atoms with Crippen LogP contribution in [0.2, 0.25) is 0 Å². The molecule has 1 unspecified atom stereocenters. The summed E-state index contributed by atoms with van der Waals surface area (Å²) >= 11 is 4.83. The molecule has 1 heterocycles.